The lowest BCUT2D eigenvalue weighted by molar-refractivity contribution is -0.115. The zero-order valence-electron chi connectivity index (χ0n) is 17.7. The van der Waals surface area contributed by atoms with Crippen LogP contribution in [-0.4, -0.2) is 21.1 Å². The van der Waals surface area contributed by atoms with Gasteiger partial charge in [-0.05, 0) is 56.2 Å². The van der Waals surface area contributed by atoms with Crippen molar-refractivity contribution >= 4 is 28.1 Å². The Morgan fingerprint density at radius 2 is 1.84 bits per heavy atom. The second-order valence-electron chi connectivity index (χ2n) is 7.28. The Hall–Kier alpha value is -3.52. The van der Waals surface area contributed by atoms with Crippen molar-refractivity contribution in [2.45, 2.75) is 34.3 Å². The molecule has 8 heteroatoms. The summed E-state index contributed by atoms with van der Waals surface area (Å²) in [5, 5.41) is 10.1. The van der Waals surface area contributed by atoms with Crippen LogP contribution in [0.25, 0.3) is 11.5 Å². The predicted octanol–water partition coefficient (Wildman–Crippen LogP) is 5.38. The summed E-state index contributed by atoms with van der Waals surface area (Å²) < 4.78 is 11.0. The molecule has 1 amide bonds. The van der Waals surface area contributed by atoms with Gasteiger partial charge in [0.25, 0.3) is 0 Å². The summed E-state index contributed by atoms with van der Waals surface area (Å²) in [7, 11) is 0. The molecule has 2 heterocycles. The molecule has 0 unspecified atom stereocenters. The number of rotatable bonds is 6. The minimum Gasteiger partial charge on any atom is -0.487 e. The first-order valence-electron chi connectivity index (χ1n) is 9.74. The molecule has 0 saturated heterocycles. The molecule has 0 radical (unpaired) electrons. The standard InChI is InChI=1S/C23H22N4O3S/c1-14-9-15(2)21(16(3)10-14)27(17(4)28)23-25-19(12-31-23)11-29-20-7-5-18(6-8-20)22-26-24-13-30-22/h5-10,12-13H,11H2,1-4H3. The lowest BCUT2D eigenvalue weighted by Crippen LogP contribution is -2.24. The summed E-state index contributed by atoms with van der Waals surface area (Å²) in [6.07, 6.45) is 1.30. The van der Waals surface area contributed by atoms with Crippen molar-refractivity contribution in [3.05, 3.63) is 70.6 Å². The highest BCUT2D eigenvalue weighted by Gasteiger charge is 2.22. The van der Waals surface area contributed by atoms with E-state index in [4.69, 9.17) is 9.15 Å². The average molecular weight is 435 g/mol. The van der Waals surface area contributed by atoms with Gasteiger partial charge >= 0.3 is 0 Å². The summed E-state index contributed by atoms with van der Waals surface area (Å²) >= 11 is 1.42. The minimum absolute atomic E-state index is 0.0755. The molecule has 0 saturated carbocycles. The molecule has 2 aromatic heterocycles. The van der Waals surface area contributed by atoms with Gasteiger partial charge < -0.3 is 9.15 Å². The highest BCUT2D eigenvalue weighted by atomic mass is 32.1. The number of nitrogens with zero attached hydrogens (tertiary/aromatic N) is 4. The van der Waals surface area contributed by atoms with E-state index in [-0.39, 0.29) is 5.91 Å². The van der Waals surface area contributed by atoms with Gasteiger partial charge in [0.1, 0.15) is 12.4 Å². The fourth-order valence-corrected chi connectivity index (χ4v) is 4.39. The smallest absolute Gasteiger partial charge is 0.247 e. The number of thiazole rings is 1. The minimum atomic E-state index is -0.0755. The van der Waals surface area contributed by atoms with Gasteiger partial charge in [0.2, 0.25) is 18.2 Å². The number of anilines is 2. The van der Waals surface area contributed by atoms with Crippen LogP contribution < -0.4 is 9.64 Å². The molecule has 4 rings (SSSR count). The lowest BCUT2D eigenvalue weighted by atomic mass is 10.0. The van der Waals surface area contributed by atoms with Crippen LogP contribution in [0.5, 0.6) is 5.75 Å². The van der Waals surface area contributed by atoms with Crippen LogP contribution in [-0.2, 0) is 11.4 Å². The summed E-state index contributed by atoms with van der Waals surface area (Å²) in [6.45, 7) is 7.94. The van der Waals surface area contributed by atoms with E-state index >= 15 is 0 Å². The predicted molar refractivity (Wildman–Crippen MR) is 120 cm³/mol. The van der Waals surface area contributed by atoms with Crippen molar-refractivity contribution in [2.75, 3.05) is 4.90 Å². The number of hydrogen-bond donors (Lipinski definition) is 0. The van der Waals surface area contributed by atoms with Crippen molar-refractivity contribution in [2.24, 2.45) is 0 Å². The number of amides is 1. The molecule has 2 aromatic carbocycles. The average Bonchev–Trinajstić information content (AvgIpc) is 3.41. The first-order chi connectivity index (χ1) is 14.9. The van der Waals surface area contributed by atoms with Gasteiger partial charge in [-0.1, -0.05) is 17.7 Å². The summed E-state index contributed by atoms with van der Waals surface area (Å²) in [6, 6.07) is 11.6. The number of aryl methyl sites for hydroxylation is 3. The van der Waals surface area contributed by atoms with Crippen LogP contribution in [0.1, 0.15) is 29.3 Å². The largest absolute Gasteiger partial charge is 0.487 e. The molecule has 0 N–H and O–H groups in total. The lowest BCUT2D eigenvalue weighted by Gasteiger charge is -2.23. The first-order valence-corrected chi connectivity index (χ1v) is 10.6. The van der Waals surface area contributed by atoms with E-state index < -0.39 is 0 Å². The van der Waals surface area contributed by atoms with Gasteiger partial charge in [-0.3, -0.25) is 9.69 Å². The molecule has 0 aliphatic heterocycles. The number of hydrogen-bond acceptors (Lipinski definition) is 7. The van der Waals surface area contributed by atoms with E-state index in [1.165, 1.54) is 23.3 Å². The number of carbonyl (C=O) groups excluding carboxylic acids is 1. The van der Waals surface area contributed by atoms with Crippen LogP contribution in [0, 0.1) is 20.8 Å². The molecular weight excluding hydrogens is 412 g/mol. The van der Waals surface area contributed by atoms with Crippen LogP contribution in [0.2, 0.25) is 0 Å². The molecule has 4 aromatic rings. The maximum absolute atomic E-state index is 12.5. The van der Waals surface area contributed by atoms with Crippen molar-refractivity contribution < 1.29 is 13.9 Å². The van der Waals surface area contributed by atoms with Gasteiger partial charge in [0.15, 0.2) is 5.13 Å². The van der Waals surface area contributed by atoms with Gasteiger partial charge in [0, 0.05) is 17.9 Å². The van der Waals surface area contributed by atoms with Gasteiger partial charge in [-0.2, -0.15) is 0 Å². The maximum atomic E-state index is 12.5. The van der Waals surface area contributed by atoms with E-state index in [0.29, 0.717) is 23.4 Å². The van der Waals surface area contributed by atoms with Crippen molar-refractivity contribution in [3.63, 3.8) is 0 Å². The highest BCUT2D eigenvalue weighted by molar-refractivity contribution is 7.14. The zero-order valence-corrected chi connectivity index (χ0v) is 18.6. The summed E-state index contributed by atoms with van der Waals surface area (Å²) in [5.74, 6) is 1.08. The molecule has 0 spiro atoms. The van der Waals surface area contributed by atoms with Gasteiger partial charge in [-0.25, -0.2) is 4.98 Å². The van der Waals surface area contributed by atoms with Gasteiger partial charge in [0.05, 0.1) is 11.4 Å². The van der Waals surface area contributed by atoms with E-state index in [1.54, 1.807) is 11.8 Å². The Kier molecular flexibility index (Phi) is 5.81. The molecule has 158 valence electrons. The third-order valence-corrected chi connectivity index (χ3v) is 5.63. The zero-order chi connectivity index (χ0) is 22.0. The monoisotopic (exact) mass is 434 g/mol. The molecule has 0 atom stereocenters. The van der Waals surface area contributed by atoms with Crippen LogP contribution in [0.3, 0.4) is 0 Å². The Morgan fingerprint density at radius 3 is 2.45 bits per heavy atom. The van der Waals surface area contributed by atoms with E-state index in [0.717, 1.165) is 28.1 Å². The van der Waals surface area contributed by atoms with Gasteiger partial charge in [-0.15, -0.1) is 21.5 Å². The number of ether oxygens (including phenoxy) is 1. The van der Waals surface area contributed by atoms with Crippen LogP contribution in [0.4, 0.5) is 10.8 Å². The Balaban J connectivity index is 1.50. The highest BCUT2D eigenvalue weighted by Crippen LogP contribution is 2.34. The fraction of sp³-hybridized carbons (Fsp3) is 0.217. The fourth-order valence-electron chi connectivity index (χ4n) is 3.53. The number of carbonyl (C=O) groups is 1. The molecule has 0 aliphatic carbocycles. The van der Waals surface area contributed by atoms with Crippen LogP contribution in [0.15, 0.2) is 52.6 Å². The molecule has 0 aliphatic rings. The number of benzene rings is 2. The maximum Gasteiger partial charge on any atom is 0.247 e. The molecule has 0 bridgehead atoms. The van der Waals surface area contributed by atoms with Crippen molar-refractivity contribution in [3.8, 4) is 17.2 Å². The molecular formula is C23H22N4O3S. The van der Waals surface area contributed by atoms with E-state index in [2.05, 4.69) is 34.2 Å². The van der Waals surface area contributed by atoms with Crippen LogP contribution >= 0.6 is 11.3 Å². The normalized spacial score (nSPS) is 10.8. The Bertz CT molecular complexity index is 1180. The molecule has 31 heavy (non-hydrogen) atoms. The van der Waals surface area contributed by atoms with Crippen molar-refractivity contribution in [1.29, 1.82) is 0 Å². The third-order valence-electron chi connectivity index (χ3n) is 4.75. The second kappa shape index (κ2) is 8.69. The molecule has 7 nitrogen and oxygen atoms in total. The summed E-state index contributed by atoms with van der Waals surface area (Å²) in [4.78, 5) is 18.8. The first kappa shape index (κ1) is 20.7. The Morgan fingerprint density at radius 1 is 1.13 bits per heavy atom. The molecule has 0 fully saturated rings. The topological polar surface area (TPSA) is 81.4 Å². The third kappa shape index (κ3) is 4.49. The number of aromatic nitrogens is 3. The quantitative estimate of drug-likeness (QED) is 0.405. The van der Waals surface area contributed by atoms with E-state index in [9.17, 15) is 4.79 Å². The second-order valence-corrected chi connectivity index (χ2v) is 8.12. The van der Waals surface area contributed by atoms with E-state index in [1.807, 2.05) is 43.5 Å². The Labute approximate surface area is 184 Å². The van der Waals surface area contributed by atoms with Crippen molar-refractivity contribution in [1.82, 2.24) is 15.2 Å². The summed E-state index contributed by atoms with van der Waals surface area (Å²) in [5.41, 5.74) is 5.72. The SMILES string of the molecule is CC(=O)N(c1nc(COc2ccc(-c3nnco3)cc2)cs1)c1c(C)cc(C)cc1C.